The second kappa shape index (κ2) is 14.8. The highest BCUT2D eigenvalue weighted by Gasteiger charge is 2.31. The lowest BCUT2D eigenvalue weighted by molar-refractivity contribution is -0.141. The molecule has 1 atom stereocenters. The molecule has 0 heterocycles. The number of carbonyl (C=O) groups excluding carboxylic acids is 2. The van der Waals surface area contributed by atoms with E-state index in [0.717, 1.165) is 11.8 Å². The smallest absolute Gasteiger partial charge is 0.242 e. The Morgan fingerprint density at radius 1 is 0.951 bits per heavy atom. The molecule has 0 bridgehead atoms. The van der Waals surface area contributed by atoms with Crippen LogP contribution in [0.1, 0.15) is 24.0 Å². The number of ether oxygens (including phenoxy) is 1. The van der Waals surface area contributed by atoms with E-state index in [4.69, 9.17) is 39.5 Å². The van der Waals surface area contributed by atoms with Crippen LogP contribution < -0.4 is 14.4 Å². The van der Waals surface area contributed by atoms with E-state index in [2.05, 4.69) is 5.32 Å². The lowest BCUT2D eigenvalue weighted by Crippen LogP contribution is -2.50. The number of amides is 2. The third kappa shape index (κ3) is 8.75. The number of nitrogens with zero attached hydrogens (tertiary/aromatic N) is 2. The van der Waals surface area contributed by atoms with E-state index >= 15 is 0 Å². The number of rotatable bonds is 13. The molecule has 1 N–H and O–H groups in total. The molecule has 0 saturated heterocycles. The van der Waals surface area contributed by atoms with Crippen LogP contribution >= 0.6 is 34.8 Å². The molecule has 3 aromatic rings. The van der Waals surface area contributed by atoms with Gasteiger partial charge >= 0.3 is 0 Å². The van der Waals surface area contributed by atoms with Crippen LogP contribution in [0.15, 0.2) is 66.7 Å². The molecular formula is C29H32Cl3N3O5S. The van der Waals surface area contributed by atoms with Crippen LogP contribution in [0.4, 0.5) is 5.69 Å². The summed E-state index contributed by atoms with van der Waals surface area (Å²) in [6.07, 6.45) is 1.47. The molecule has 0 unspecified atom stereocenters. The van der Waals surface area contributed by atoms with E-state index in [9.17, 15) is 18.0 Å². The number of methoxy groups -OCH3 is 1. The highest BCUT2D eigenvalue weighted by molar-refractivity contribution is 7.92. The van der Waals surface area contributed by atoms with Gasteiger partial charge in [0.2, 0.25) is 21.8 Å². The third-order valence-electron chi connectivity index (χ3n) is 6.48. The number of hydrogen-bond acceptors (Lipinski definition) is 5. The van der Waals surface area contributed by atoms with Crippen molar-refractivity contribution in [3.63, 3.8) is 0 Å². The van der Waals surface area contributed by atoms with Crippen LogP contribution in [0.2, 0.25) is 15.1 Å². The van der Waals surface area contributed by atoms with Crippen LogP contribution in [-0.2, 0) is 32.6 Å². The summed E-state index contributed by atoms with van der Waals surface area (Å²) in [5, 5.41) is 3.65. The molecule has 8 nitrogen and oxygen atoms in total. The zero-order valence-electron chi connectivity index (χ0n) is 22.9. The minimum atomic E-state index is -3.70. The van der Waals surface area contributed by atoms with Gasteiger partial charge in [-0.2, -0.15) is 0 Å². The van der Waals surface area contributed by atoms with Crippen molar-refractivity contribution in [1.82, 2.24) is 10.2 Å². The van der Waals surface area contributed by atoms with Gasteiger partial charge in [0.1, 0.15) is 11.8 Å². The molecule has 0 radical (unpaired) electrons. The Labute approximate surface area is 256 Å². The number of halogens is 3. The first-order valence-corrected chi connectivity index (χ1v) is 15.7. The molecule has 3 aromatic carbocycles. The van der Waals surface area contributed by atoms with Gasteiger partial charge in [-0.25, -0.2) is 8.42 Å². The first kappa shape index (κ1) is 32.5. The van der Waals surface area contributed by atoms with Gasteiger partial charge in [-0.1, -0.05) is 71.2 Å². The predicted octanol–water partition coefficient (Wildman–Crippen LogP) is 5.59. The fraction of sp³-hybridized carbons (Fsp3) is 0.310. The molecule has 0 aliphatic heterocycles. The van der Waals surface area contributed by atoms with Crippen LogP contribution in [0.25, 0.3) is 0 Å². The summed E-state index contributed by atoms with van der Waals surface area (Å²) >= 11 is 19.1. The zero-order chi connectivity index (χ0) is 30.2. The van der Waals surface area contributed by atoms with Gasteiger partial charge in [-0.3, -0.25) is 13.9 Å². The van der Waals surface area contributed by atoms with E-state index in [1.165, 1.54) is 29.4 Å². The highest BCUT2D eigenvalue weighted by atomic mass is 35.5. The Morgan fingerprint density at radius 3 is 2.17 bits per heavy atom. The normalized spacial score (nSPS) is 12.0. The van der Waals surface area contributed by atoms with Crippen molar-refractivity contribution in [1.29, 1.82) is 0 Å². The van der Waals surface area contributed by atoms with Gasteiger partial charge < -0.3 is 15.0 Å². The van der Waals surface area contributed by atoms with E-state index in [0.29, 0.717) is 27.0 Å². The SMILES string of the molecule is CNC(=O)[C@H](Cc1ccccc1)N(Cc1c(Cl)cccc1Cl)C(=O)CCCN(c1ccc(OC)c(Cl)c1)S(C)(=O)=O. The summed E-state index contributed by atoms with van der Waals surface area (Å²) in [6, 6.07) is 18.2. The van der Waals surface area contributed by atoms with E-state index in [-0.39, 0.29) is 49.2 Å². The number of benzene rings is 3. The van der Waals surface area contributed by atoms with Gasteiger partial charge in [-0.05, 0) is 42.3 Å². The molecule has 0 fully saturated rings. The number of nitrogens with one attached hydrogen (secondary N) is 1. The van der Waals surface area contributed by atoms with Crippen LogP contribution in [0.5, 0.6) is 5.75 Å². The second-order valence-electron chi connectivity index (χ2n) is 9.30. The fourth-order valence-corrected chi connectivity index (χ4v) is 6.11. The van der Waals surface area contributed by atoms with E-state index in [1.807, 2.05) is 30.3 Å². The first-order valence-electron chi connectivity index (χ1n) is 12.7. The number of sulfonamides is 1. The molecule has 0 saturated carbocycles. The maximum Gasteiger partial charge on any atom is 0.242 e. The topological polar surface area (TPSA) is 96.0 Å². The van der Waals surface area contributed by atoms with Crippen molar-refractivity contribution >= 4 is 62.3 Å². The highest BCUT2D eigenvalue weighted by Crippen LogP contribution is 2.31. The summed E-state index contributed by atoms with van der Waals surface area (Å²) in [5.41, 5.74) is 1.72. The molecule has 0 aliphatic carbocycles. The fourth-order valence-electron chi connectivity index (χ4n) is 4.39. The van der Waals surface area contributed by atoms with Crippen LogP contribution in [0.3, 0.4) is 0 Å². The molecule has 0 spiro atoms. The van der Waals surface area contributed by atoms with Gasteiger partial charge in [0.25, 0.3) is 0 Å². The lowest BCUT2D eigenvalue weighted by Gasteiger charge is -2.32. The second-order valence-corrected chi connectivity index (χ2v) is 12.4. The minimum Gasteiger partial charge on any atom is -0.495 e. The minimum absolute atomic E-state index is 0.00780. The Kier molecular flexibility index (Phi) is 11.7. The monoisotopic (exact) mass is 639 g/mol. The van der Waals surface area contributed by atoms with Crippen molar-refractivity contribution in [3.05, 3.63) is 92.9 Å². The molecule has 2 amide bonds. The predicted molar refractivity (Wildman–Crippen MR) is 164 cm³/mol. The molecule has 0 aliphatic rings. The molecule has 220 valence electrons. The standard InChI is InChI=1S/C29H32Cl3N3O5S/c1-33-29(37)26(17-20-9-5-4-6-10-20)34(19-22-23(30)11-7-12-24(22)31)28(36)13-8-16-35(41(3,38)39)21-14-15-27(40-2)25(32)18-21/h4-7,9-12,14-15,18,26H,8,13,16-17,19H2,1-3H3,(H,33,37)/t26-/m0/s1. The van der Waals surface area contributed by atoms with Crippen LogP contribution in [-0.4, -0.2) is 58.1 Å². The summed E-state index contributed by atoms with van der Waals surface area (Å²) in [5.74, 6) is -0.297. The van der Waals surface area contributed by atoms with Gasteiger partial charge in [0, 0.05) is 48.6 Å². The largest absolute Gasteiger partial charge is 0.495 e. The average Bonchev–Trinajstić information content (AvgIpc) is 2.93. The van der Waals surface area contributed by atoms with Gasteiger partial charge in [0.15, 0.2) is 0 Å². The van der Waals surface area contributed by atoms with Crippen molar-refractivity contribution in [2.24, 2.45) is 0 Å². The van der Waals surface area contributed by atoms with Crippen molar-refractivity contribution in [2.75, 3.05) is 31.3 Å². The first-order chi connectivity index (χ1) is 19.5. The average molecular weight is 641 g/mol. The Hall–Kier alpha value is -2.98. The maximum atomic E-state index is 13.8. The summed E-state index contributed by atoms with van der Waals surface area (Å²) in [7, 11) is -0.723. The molecule has 12 heteroatoms. The van der Waals surface area contributed by atoms with Crippen LogP contribution in [0, 0.1) is 0 Å². The number of anilines is 1. The van der Waals surface area contributed by atoms with Crippen molar-refractivity contribution in [3.8, 4) is 5.75 Å². The van der Waals surface area contributed by atoms with Crippen molar-refractivity contribution < 1.29 is 22.7 Å². The zero-order valence-corrected chi connectivity index (χ0v) is 26.0. The quantitative estimate of drug-likeness (QED) is 0.263. The maximum absolute atomic E-state index is 13.8. The Bertz CT molecular complexity index is 1450. The molecular weight excluding hydrogens is 609 g/mol. The molecule has 3 rings (SSSR count). The molecule has 0 aromatic heterocycles. The van der Waals surface area contributed by atoms with Gasteiger partial charge in [-0.15, -0.1) is 0 Å². The summed E-state index contributed by atoms with van der Waals surface area (Å²) in [4.78, 5) is 28.4. The summed E-state index contributed by atoms with van der Waals surface area (Å²) < 4.78 is 31.6. The summed E-state index contributed by atoms with van der Waals surface area (Å²) in [6.45, 7) is 0.00336. The number of carbonyl (C=O) groups is 2. The van der Waals surface area contributed by atoms with E-state index in [1.54, 1.807) is 30.3 Å². The number of hydrogen-bond donors (Lipinski definition) is 1. The Morgan fingerprint density at radius 2 is 1.61 bits per heavy atom. The van der Waals surface area contributed by atoms with E-state index < -0.39 is 16.1 Å². The third-order valence-corrected chi connectivity index (χ3v) is 8.68. The van der Waals surface area contributed by atoms with Gasteiger partial charge in [0.05, 0.1) is 24.1 Å². The van der Waals surface area contributed by atoms with Crippen molar-refractivity contribution in [2.45, 2.75) is 31.8 Å². The number of likely N-dealkylation sites (N-methyl/N-ethyl adjacent to an activating group) is 1. The molecule has 41 heavy (non-hydrogen) atoms. The lowest BCUT2D eigenvalue weighted by atomic mass is 10.0. The Balaban J connectivity index is 1.89.